The molecule has 1 fully saturated rings. The first-order chi connectivity index (χ1) is 11.5. The van der Waals surface area contributed by atoms with Crippen molar-refractivity contribution in [1.82, 2.24) is 0 Å². The van der Waals surface area contributed by atoms with Gasteiger partial charge in [0, 0.05) is 23.1 Å². The molecule has 1 atom stereocenters. The highest BCUT2D eigenvalue weighted by Crippen LogP contribution is 2.31. The van der Waals surface area contributed by atoms with Crippen molar-refractivity contribution in [3.05, 3.63) is 57.0 Å². The summed E-state index contributed by atoms with van der Waals surface area (Å²) < 4.78 is 0.795. The fraction of sp³-hybridized carbons (Fsp3) is 0.176. The van der Waals surface area contributed by atoms with Gasteiger partial charge in [0.2, 0.25) is 11.8 Å². The Morgan fingerprint density at radius 3 is 2.62 bits per heavy atom. The number of hydrogen-bond donors (Lipinski definition) is 1. The molecule has 1 saturated heterocycles. The van der Waals surface area contributed by atoms with Crippen LogP contribution in [0.2, 0.25) is 10.0 Å². The highest BCUT2D eigenvalue weighted by Gasteiger charge is 2.35. The smallest absolute Gasteiger partial charge is 0.229 e. The van der Waals surface area contributed by atoms with Gasteiger partial charge in [-0.05, 0) is 46.3 Å². The molecule has 2 amide bonds. The number of anilines is 2. The Balaban J connectivity index is 1.73. The Morgan fingerprint density at radius 1 is 1.17 bits per heavy atom. The molecule has 0 bridgehead atoms. The second-order valence-electron chi connectivity index (χ2n) is 5.47. The number of rotatable bonds is 3. The first kappa shape index (κ1) is 17.3. The average molecular weight is 428 g/mol. The molecule has 0 unspecified atom stereocenters. The molecule has 0 spiro atoms. The van der Waals surface area contributed by atoms with E-state index in [2.05, 4.69) is 21.2 Å². The van der Waals surface area contributed by atoms with Crippen LogP contribution in [0.3, 0.4) is 0 Å². The van der Waals surface area contributed by atoms with Crippen molar-refractivity contribution >= 4 is 62.3 Å². The zero-order valence-corrected chi connectivity index (χ0v) is 15.5. The summed E-state index contributed by atoms with van der Waals surface area (Å²) in [7, 11) is 0. The molecule has 4 nitrogen and oxygen atoms in total. The van der Waals surface area contributed by atoms with Crippen molar-refractivity contribution in [2.75, 3.05) is 16.8 Å². The van der Waals surface area contributed by atoms with Crippen LogP contribution in [0.1, 0.15) is 6.42 Å². The van der Waals surface area contributed by atoms with Crippen molar-refractivity contribution in [3.63, 3.8) is 0 Å². The fourth-order valence-electron chi connectivity index (χ4n) is 2.58. The lowest BCUT2D eigenvalue weighted by molar-refractivity contribution is -0.122. The van der Waals surface area contributed by atoms with E-state index in [1.807, 2.05) is 18.2 Å². The molecule has 2 aromatic rings. The van der Waals surface area contributed by atoms with Gasteiger partial charge in [-0.3, -0.25) is 9.59 Å². The number of amides is 2. The third kappa shape index (κ3) is 3.58. The topological polar surface area (TPSA) is 49.4 Å². The van der Waals surface area contributed by atoms with E-state index in [-0.39, 0.29) is 18.2 Å². The molecule has 0 radical (unpaired) electrons. The van der Waals surface area contributed by atoms with Gasteiger partial charge in [-0.25, -0.2) is 0 Å². The van der Waals surface area contributed by atoms with Gasteiger partial charge >= 0.3 is 0 Å². The van der Waals surface area contributed by atoms with E-state index < -0.39 is 5.92 Å². The maximum atomic E-state index is 12.5. The summed E-state index contributed by atoms with van der Waals surface area (Å²) in [5.41, 5.74) is 1.33. The average Bonchev–Trinajstić information content (AvgIpc) is 2.94. The van der Waals surface area contributed by atoms with Gasteiger partial charge in [-0.1, -0.05) is 35.3 Å². The molecule has 3 rings (SSSR count). The van der Waals surface area contributed by atoms with E-state index in [9.17, 15) is 9.59 Å². The number of carbonyl (C=O) groups excluding carboxylic acids is 2. The standard InChI is InChI=1S/C17H13BrCl2N2O2/c18-12-3-1-2-4-15(12)21-17(24)10-7-16(23)22(9-10)11-5-6-13(19)14(20)8-11/h1-6,8,10H,7,9H2,(H,21,24)/t10-/m1/s1. The Morgan fingerprint density at radius 2 is 1.92 bits per heavy atom. The minimum atomic E-state index is -0.418. The lowest BCUT2D eigenvalue weighted by atomic mass is 10.1. The highest BCUT2D eigenvalue weighted by atomic mass is 79.9. The predicted molar refractivity (Wildman–Crippen MR) is 99.7 cm³/mol. The van der Waals surface area contributed by atoms with Crippen LogP contribution >= 0.6 is 39.1 Å². The summed E-state index contributed by atoms with van der Waals surface area (Å²) in [4.78, 5) is 26.3. The van der Waals surface area contributed by atoms with Crippen LogP contribution < -0.4 is 10.2 Å². The van der Waals surface area contributed by atoms with Crippen molar-refractivity contribution in [2.24, 2.45) is 5.92 Å². The Hall–Kier alpha value is -1.56. The first-order valence-corrected chi connectivity index (χ1v) is 8.81. The molecule has 0 aliphatic carbocycles. The van der Waals surface area contributed by atoms with Gasteiger partial charge in [0.15, 0.2) is 0 Å². The Bertz CT molecular complexity index is 813. The highest BCUT2D eigenvalue weighted by molar-refractivity contribution is 9.10. The summed E-state index contributed by atoms with van der Waals surface area (Å²) in [6.07, 6.45) is 0.163. The minimum absolute atomic E-state index is 0.110. The molecular weight excluding hydrogens is 415 g/mol. The number of benzene rings is 2. The monoisotopic (exact) mass is 426 g/mol. The SMILES string of the molecule is O=C(Nc1ccccc1Br)[C@@H]1CC(=O)N(c2ccc(Cl)c(Cl)c2)C1. The number of para-hydroxylation sites is 1. The summed E-state index contributed by atoms with van der Waals surface area (Å²) in [6.45, 7) is 0.313. The van der Waals surface area contributed by atoms with Crippen LogP contribution in [0, 0.1) is 5.92 Å². The van der Waals surface area contributed by atoms with E-state index in [0.717, 1.165) is 4.47 Å². The van der Waals surface area contributed by atoms with E-state index in [1.165, 1.54) is 0 Å². The van der Waals surface area contributed by atoms with Gasteiger partial charge in [0.1, 0.15) is 0 Å². The summed E-state index contributed by atoms with van der Waals surface area (Å²) in [5, 5.41) is 3.66. The van der Waals surface area contributed by atoms with Crippen LogP contribution in [0.4, 0.5) is 11.4 Å². The molecule has 1 N–H and O–H groups in total. The van der Waals surface area contributed by atoms with E-state index in [0.29, 0.717) is 28.0 Å². The van der Waals surface area contributed by atoms with Crippen molar-refractivity contribution < 1.29 is 9.59 Å². The molecule has 0 saturated carbocycles. The normalized spacial score (nSPS) is 17.2. The van der Waals surface area contributed by atoms with Gasteiger partial charge < -0.3 is 10.2 Å². The quantitative estimate of drug-likeness (QED) is 0.768. The molecule has 2 aromatic carbocycles. The zero-order chi connectivity index (χ0) is 17.3. The molecule has 24 heavy (non-hydrogen) atoms. The minimum Gasteiger partial charge on any atom is -0.325 e. The van der Waals surface area contributed by atoms with Crippen LogP contribution in [-0.4, -0.2) is 18.4 Å². The molecule has 0 aromatic heterocycles. The van der Waals surface area contributed by atoms with Crippen molar-refractivity contribution in [2.45, 2.75) is 6.42 Å². The molecular formula is C17H13BrCl2N2O2. The molecule has 7 heteroatoms. The number of hydrogen-bond acceptors (Lipinski definition) is 2. The van der Waals surface area contributed by atoms with E-state index >= 15 is 0 Å². The summed E-state index contributed by atoms with van der Waals surface area (Å²) in [5.74, 6) is -0.711. The first-order valence-electron chi connectivity index (χ1n) is 7.26. The maximum Gasteiger partial charge on any atom is 0.229 e. The number of halogens is 3. The second-order valence-corrected chi connectivity index (χ2v) is 7.14. The Labute approximate surface area is 157 Å². The van der Waals surface area contributed by atoms with Gasteiger partial charge in [-0.2, -0.15) is 0 Å². The maximum absolute atomic E-state index is 12.5. The van der Waals surface area contributed by atoms with Crippen molar-refractivity contribution in [3.8, 4) is 0 Å². The van der Waals surface area contributed by atoms with E-state index in [4.69, 9.17) is 23.2 Å². The lowest BCUT2D eigenvalue weighted by Gasteiger charge is -2.17. The molecule has 1 aliphatic heterocycles. The van der Waals surface area contributed by atoms with E-state index in [1.54, 1.807) is 29.2 Å². The van der Waals surface area contributed by atoms with Gasteiger partial charge in [0.25, 0.3) is 0 Å². The zero-order valence-electron chi connectivity index (χ0n) is 12.4. The predicted octanol–water partition coefficient (Wildman–Crippen LogP) is 4.75. The number of nitrogens with one attached hydrogen (secondary N) is 1. The van der Waals surface area contributed by atoms with Gasteiger partial charge in [-0.15, -0.1) is 0 Å². The number of carbonyl (C=O) groups is 2. The summed E-state index contributed by atoms with van der Waals surface area (Å²) in [6, 6.07) is 12.3. The Kier molecular flexibility index (Phi) is 5.13. The number of nitrogens with zero attached hydrogens (tertiary/aromatic N) is 1. The molecule has 124 valence electrons. The van der Waals surface area contributed by atoms with Crippen molar-refractivity contribution in [1.29, 1.82) is 0 Å². The summed E-state index contributed by atoms with van der Waals surface area (Å²) >= 11 is 15.3. The van der Waals surface area contributed by atoms with Crippen LogP contribution in [0.15, 0.2) is 46.9 Å². The third-order valence-electron chi connectivity index (χ3n) is 3.84. The van der Waals surface area contributed by atoms with Crippen LogP contribution in [0.5, 0.6) is 0 Å². The fourth-order valence-corrected chi connectivity index (χ4v) is 3.26. The molecule has 1 heterocycles. The van der Waals surface area contributed by atoms with Crippen LogP contribution in [0.25, 0.3) is 0 Å². The second kappa shape index (κ2) is 7.13. The van der Waals surface area contributed by atoms with Gasteiger partial charge in [0.05, 0.1) is 21.7 Å². The largest absolute Gasteiger partial charge is 0.325 e. The lowest BCUT2D eigenvalue weighted by Crippen LogP contribution is -2.28. The van der Waals surface area contributed by atoms with Crippen LogP contribution in [-0.2, 0) is 9.59 Å². The third-order valence-corrected chi connectivity index (χ3v) is 5.27. The molecule has 1 aliphatic rings.